The number of benzene rings is 2. The van der Waals surface area contributed by atoms with Crippen molar-refractivity contribution >= 4 is 11.4 Å². The van der Waals surface area contributed by atoms with Crippen molar-refractivity contribution in [2.75, 3.05) is 64.4 Å². The van der Waals surface area contributed by atoms with E-state index in [4.69, 9.17) is 23.7 Å². The highest BCUT2D eigenvalue weighted by Gasteiger charge is 2.54. The summed E-state index contributed by atoms with van der Waals surface area (Å²) in [5.74, 6) is 0. The first-order valence-corrected chi connectivity index (χ1v) is 11.6. The molecule has 7 nitrogen and oxygen atoms in total. The second-order valence-electron chi connectivity index (χ2n) is 9.85. The topological polar surface area (TPSA) is 52.6 Å². The van der Waals surface area contributed by atoms with Crippen molar-refractivity contribution in [3.63, 3.8) is 0 Å². The van der Waals surface area contributed by atoms with E-state index in [-0.39, 0.29) is 12.6 Å². The highest BCUT2D eigenvalue weighted by atomic mass is 16.7. The van der Waals surface area contributed by atoms with Crippen LogP contribution in [0.4, 0.5) is 11.4 Å². The Morgan fingerprint density at radius 3 is 1.21 bits per heavy atom. The molecule has 5 rings (SSSR count). The molecule has 3 saturated heterocycles. The van der Waals surface area contributed by atoms with Crippen LogP contribution in [0.15, 0.2) is 48.5 Å². The highest BCUT2D eigenvalue weighted by Crippen LogP contribution is 2.45. The van der Waals surface area contributed by atoms with Gasteiger partial charge in [-0.1, -0.05) is 24.3 Å². The molecule has 33 heavy (non-hydrogen) atoms. The molecule has 2 aromatic rings. The maximum atomic E-state index is 6.57. The van der Waals surface area contributed by atoms with E-state index in [2.05, 4.69) is 58.3 Å². The van der Waals surface area contributed by atoms with Gasteiger partial charge in [-0.2, -0.15) is 0 Å². The van der Waals surface area contributed by atoms with E-state index < -0.39 is 11.2 Å². The van der Waals surface area contributed by atoms with Crippen LogP contribution >= 0.6 is 0 Å². The van der Waals surface area contributed by atoms with E-state index in [1.807, 2.05) is 28.2 Å². The largest absolute Gasteiger partial charge is 0.378 e. The minimum Gasteiger partial charge on any atom is -0.378 e. The van der Waals surface area contributed by atoms with Gasteiger partial charge in [-0.3, -0.25) is 0 Å². The molecule has 2 aromatic carbocycles. The average molecular weight is 455 g/mol. The lowest BCUT2D eigenvalue weighted by Gasteiger charge is -2.42. The smallest absolute Gasteiger partial charge is 0.184 e. The number of hydrogen-bond acceptors (Lipinski definition) is 7. The van der Waals surface area contributed by atoms with Crippen LogP contribution in [0.5, 0.6) is 0 Å². The van der Waals surface area contributed by atoms with Crippen molar-refractivity contribution in [2.45, 2.75) is 36.6 Å². The zero-order chi connectivity index (χ0) is 23.1. The average Bonchev–Trinajstić information content (AvgIpc) is 3.17. The molecule has 2 spiro atoms. The highest BCUT2D eigenvalue weighted by molar-refractivity contribution is 5.47. The fourth-order valence-electron chi connectivity index (χ4n) is 4.76. The van der Waals surface area contributed by atoms with E-state index in [1.165, 1.54) is 0 Å². The molecular formula is C26H34N2O5. The number of hydrogen-bond donors (Lipinski definition) is 0. The van der Waals surface area contributed by atoms with Gasteiger partial charge in [0, 0.05) is 50.7 Å². The predicted molar refractivity (Wildman–Crippen MR) is 127 cm³/mol. The summed E-state index contributed by atoms with van der Waals surface area (Å²) in [7, 11) is 8.12. The first-order chi connectivity index (χ1) is 15.9. The van der Waals surface area contributed by atoms with E-state index in [9.17, 15) is 0 Å². The summed E-state index contributed by atoms with van der Waals surface area (Å²) < 4.78 is 31.0. The third-order valence-electron chi connectivity index (χ3n) is 6.82. The zero-order valence-corrected chi connectivity index (χ0v) is 20.0. The Morgan fingerprint density at radius 2 is 0.909 bits per heavy atom. The van der Waals surface area contributed by atoms with Gasteiger partial charge in [0.25, 0.3) is 0 Å². The molecule has 178 valence electrons. The molecule has 0 bridgehead atoms. The van der Waals surface area contributed by atoms with Crippen molar-refractivity contribution in [1.29, 1.82) is 0 Å². The fraction of sp³-hybridized carbons (Fsp3) is 0.538. The van der Waals surface area contributed by atoms with Crippen LogP contribution in [-0.2, 0) is 23.7 Å². The molecule has 0 N–H and O–H groups in total. The number of nitrogens with zero attached hydrogens (tertiary/aromatic N) is 2. The molecule has 3 fully saturated rings. The molecular weight excluding hydrogens is 420 g/mol. The van der Waals surface area contributed by atoms with Gasteiger partial charge in [0.15, 0.2) is 12.6 Å². The van der Waals surface area contributed by atoms with Crippen molar-refractivity contribution < 1.29 is 23.7 Å². The maximum Gasteiger partial charge on any atom is 0.184 e. The van der Waals surface area contributed by atoms with Crippen molar-refractivity contribution in [2.24, 2.45) is 0 Å². The summed E-state index contributed by atoms with van der Waals surface area (Å²) in [5, 5.41) is 0. The standard InChI is InChI=1S/C26H34N2O5/c1-27(2)21-9-5-19(6-10-21)23-29-15-25(16-30-23)13-14-26(33-25)17-31-24(32-18-26)20-7-11-22(12-8-20)28(3)4/h5-12,23-24H,13-18H2,1-4H3. The van der Waals surface area contributed by atoms with E-state index in [1.54, 1.807) is 0 Å². The molecule has 0 atom stereocenters. The van der Waals surface area contributed by atoms with Gasteiger partial charge < -0.3 is 33.5 Å². The summed E-state index contributed by atoms with van der Waals surface area (Å²) in [6.07, 6.45) is 1.02. The van der Waals surface area contributed by atoms with Crippen molar-refractivity contribution in [1.82, 2.24) is 0 Å². The Balaban J connectivity index is 1.16. The van der Waals surface area contributed by atoms with Crippen molar-refractivity contribution in [3.05, 3.63) is 59.7 Å². The lowest BCUT2D eigenvalue weighted by atomic mass is 9.96. The van der Waals surface area contributed by atoms with Crippen LogP contribution in [-0.4, -0.2) is 65.8 Å². The number of ether oxygens (including phenoxy) is 5. The summed E-state index contributed by atoms with van der Waals surface area (Å²) in [4.78, 5) is 4.15. The van der Waals surface area contributed by atoms with Crippen LogP contribution < -0.4 is 9.80 Å². The molecule has 3 heterocycles. The van der Waals surface area contributed by atoms with Crippen LogP contribution in [0, 0.1) is 0 Å². The molecule has 7 heteroatoms. The quantitative estimate of drug-likeness (QED) is 0.695. The first-order valence-electron chi connectivity index (χ1n) is 11.6. The van der Waals surface area contributed by atoms with Gasteiger partial charge >= 0.3 is 0 Å². The minimum atomic E-state index is -0.438. The third kappa shape index (κ3) is 4.61. The molecule has 0 amide bonds. The van der Waals surface area contributed by atoms with Crippen LogP contribution in [0.3, 0.4) is 0 Å². The monoisotopic (exact) mass is 454 g/mol. The number of anilines is 2. The third-order valence-corrected chi connectivity index (χ3v) is 6.82. The van der Waals surface area contributed by atoms with Crippen LogP contribution in [0.2, 0.25) is 0 Å². The first kappa shape index (κ1) is 22.6. The van der Waals surface area contributed by atoms with Crippen LogP contribution in [0.25, 0.3) is 0 Å². The molecule has 0 unspecified atom stereocenters. The van der Waals surface area contributed by atoms with Gasteiger partial charge in [-0.15, -0.1) is 0 Å². The zero-order valence-electron chi connectivity index (χ0n) is 20.0. The van der Waals surface area contributed by atoms with Gasteiger partial charge in [-0.25, -0.2) is 0 Å². The van der Waals surface area contributed by atoms with E-state index in [0.29, 0.717) is 26.4 Å². The van der Waals surface area contributed by atoms with E-state index in [0.717, 1.165) is 35.3 Å². The molecule has 3 aliphatic rings. The van der Waals surface area contributed by atoms with Gasteiger partial charge in [0.05, 0.1) is 26.4 Å². The van der Waals surface area contributed by atoms with E-state index >= 15 is 0 Å². The van der Waals surface area contributed by atoms with Gasteiger partial charge in [-0.05, 0) is 37.1 Å². The van der Waals surface area contributed by atoms with Crippen LogP contribution in [0.1, 0.15) is 36.5 Å². The summed E-state index contributed by atoms with van der Waals surface area (Å²) in [5.41, 5.74) is 3.47. The molecule has 3 aliphatic heterocycles. The Hall–Kier alpha value is -2.16. The lowest BCUT2D eigenvalue weighted by molar-refractivity contribution is -0.312. The molecule has 0 aliphatic carbocycles. The number of rotatable bonds is 4. The Kier molecular flexibility index (Phi) is 6.09. The summed E-state index contributed by atoms with van der Waals surface area (Å²) in [6.45, 7) is 2.02. The Labute approximate surface area is 196 Å². The fourth-order valence-corrected chi connectivity index (χ4v) is 4.76. The summed E-state index contributed by atoms with van der Waals surface area (Å²) in [6, 6.07) is 16.5. The van der Waals surface area contributed by atoms with Gasteiger partial charge in [0.2, 0.25) is 0 Å². The Bertz CT molecular complexity index is 851. The molecule has 0 saturated carbocycles. The summed E-state index contributed by atoms with van der Waals surface area (Å²) >= 11 is 0. The normalized spacial score (nSPS) is 31.8. The minimum absolute atomic E-state index is 0.361. The second-order valence-corrected chi connectivity index (χ2v) is 9.85. The molecule has 0 radical (unpaired) electrons. The second kappa shape index (κ2) is 8.89. The lowest BCUT2D eigenvalue weighted by Crippen LogP contribution is -2.51. The van der Waals surface area contributed by atoms with Gasteiger partial charge in [0.1, 0.15) is 11.2 Å². The Morgan fingerprint density at radius 1 is 0.576 bits per heavy atom. The predicted octanol–water partition coefficient (Wildman–Crippen LogP) is 3.90. The SMILES string of the molecule is CN(C)c1ccc(C2OCC3(CCC4(COC(c5ccc(N(C)C)cc5)OC4)O3)CO2)cc1. The maximum absolute atomic E-state index is 6.57. The molecule has 0 aromatic heterocycles. The van der Waals surface area contributed by atoms with Crippen molar-refractivity contribution in [3.8, 4) is 0 Å².